The SMILES string of the molecule is O=c1c(-c2cccc(C(F)(F)F)c2)c[n+](CCC=NOC2CCCO2)c2ccccn12. The standard InChI is InChI=1S/C22H21F3N3O3/c23-22(24,25)17-7-3-6-16(14-17)18-15-27(19-8-1-2-12-28(19)21(18)29)11-5-10-26-31-20-9-4-13-30-20/h1-3,6-8,10,12,14-15,20H,4-5,9,11,13H2/q+1. The summed E-state index contributed by atoms with van der Waals surface area (Å²) in [6.45, 7) is 1.12. The molecule has 0 spiro atoms. The molecule has 31 heavy (non-hydrogen) atoms. The van der Waals surface area contributed by atoms with Crippen molar-refractivity contribution in [2.24, 2.45) is 5.16 Å². The maximum absolute atomic E-state index is 13.1. The van der Waals surface area contributed by atoms with Gasteiger partial charge in [0, 0.05) is 25.1 Å². The smallest absolute Gasteiger partial charge is 0.364 e. The molecule has 1 unspecified atom stereocenters. The lowest BCUT2D eigenvalue weighted by molar-refractivity contribution is -0.672. The molecule has 3 heterocycles. The summed E-state index contributed by atoms with van der Waals surface area (Å²) in [5.41, 5.74) is -0.171. The van der Waals surface area contributed by atoms with Gasteiger partial charge in [-0.2, -0.15) is 17.6 Å². The lowest BCUT2D eigenvalue weighted by atomic mass is 10.1. The van der Waals surface area contributed by atoms with E-state index in [0.29, 0.717) is 25.2 Å². The van der Waals surface area contributed by atoms with Crippen LogP contribution in [0.25, 0.3) is 16.8 Å². The molecule has 9 heteroatoms. The Bertz CT molecular complexity index is 1150. The fourth-order valence-corrected chi connectivity index (χ4v) is 3.48. The Morgan fingerprint density at radius 3 is 2.90 bits per heavy atom. The second-order valence-electron chi connectivity index (χ2n) is 7.17. The summed E-state index contributed by atoms with van der Waals surface area (Å²) in [7, 11) is 0. The van der Waals surface area contributed by atoms with Crippen LogP contribution in [-0.4, -0.2) is 23.5 Å². The van der Waals surface area contributed by atoms with Crippen LogP contribution in [0.3, 0.4) is 0 Å². The number of aryl methyl sites for hydroxylation is 1. The van der Waals surface area contributed by atoms with Gasteiger partial charge in [-0.3, -0.25) is 0 Å². The normalized spacial score (nSPS) is 16.9. The number of fused-ring (bicyclic) bond motifs is 1. The third-order valence-corrected chi connectivity index (χ3v) is 5.01. The number of oxime groups is 1. The maximum atomic E-state index is 13.1. The van der Waals surface area contributed by atoms with Crippen molar-refractivity contribution in [2.75, 3.05) is 6.61 Å². The zero-order valence-electron chi connectivity index (χ0n) is 16.6. The fourth-order valence-electron chi connectivity index (χ4n) is 3.48. The number of rotatable bonds is 6. The number of hydrogen-bond donors (Lipinski definition) is 0. The van der Waals surface area contributed by atoms with Crippen LogP contribution in [0.15, 0.2) is 64.8 Å². The summed E-state index contributed by atoms with van der Waals surface area (Å²) in [6.07, 6.45) is 2.25. The average molecular weight is 432 g/mol. The van der Waals surface area contributed by atoms with Gasteiger partial charge in [0.25, 0.3) is 5.65 Å². The Balaban J connectivity index is 1.64. The minimum atomic E-state index is -4.49. The van der Waals surface area contributed by atoms with Crippen LogP contribution in [0.5, 0.6) is 0 Å². The van der Waals surface area contributed by atoms with E-state index in [9.17, 15) is 18.0 Å². The highest BCUT2D eigenvalue weighted by molar-refractivity contribution is 5.63. The van der Waals surface area contributed by atoms with E-state index in [1.807, 2.05) is 4.57 Å². The van der Waals surface area contributed by atoms with E-state index in [-0.39, 0.29) is 23.0 Å². The topological polar surface area (TPSA) is 56.2 Å². The first-order chi connectivity index (χ1) is 14.9. The first kappa shape index (κ1) is 21.0. The monoisotopic (exact) mass is 432 g/mol. The van der Waals surface area contributed by atoms with Crippen LogP contribution in [0.4, 0.5) is 13.2 Å². The summed E-state index contributed by atoms with van der Waals surface area (Å²) >= 11 is 0. The van der Waals surface area contributed by atoms with Crippen molar-refractivity contribution in [3.63, 3.8) is 0 Å². The molecular formula is C22H21F3N3O3+. The summed E-state index contributed by atoms with van der Waals surface area (Å²) in [5, 5.41) is 3.93. The molecule has 1 aromatic carbocycles. The van der Waals surface area contributed by atoms with Gasteiger partial charge in [0.1, 0.15) is 11.8 Å². The molecule has 6 nitrogen and oxygen atoms in total. The molecule has 1 aliphatic rings. The van der Waals surface area contributed by atoms with Crippen molar-refractivity contribution >= 4 is 11.9 Å². The number of nitrogens with zero attached hydrogens (tertiary/aromatic N) is 3. The number of alkyl halides is 3. The molecule has 0 radical (unpaired) electrons. The number of aromatic nitrogens is 2. The molecule has 1 atom stereocenters. The molecule has 0 amide bonds. The quantitative estimate of drug-likeness (QED) is 0.338. The van der Waals surface area contributed by atoms with E-state index in [1.54, 1.807) is 36.8 Å². The zero-order chi connectivity index (χ0) is 21.8. The number of benzene rings is 1. The Morgan fingerprint density at radius 1 is 1.26 bits per heavy atom. The van der Waals surface area contributed by atoms with Crippen molar-refractivity contribution in [1.29, 1.82) is 0 Å². The van der Waals surface area contributed by atoms with Crippen molar-refractivity contribution in [3.8, 4) is 11.1 Å². The number of hydrogen-bond acceptors (Lipinski definition) is 4. The molecule has 0 bridgehead atoms. The first-order valence-corrected chi connectivity index (χ1v) is 9.94. The van der Waals surface area contributed by atoms with Crippen molar-refractivity contribution in [3.05, 3.63) is 70.8 Å². The van der Waals surface area contributed by atoms with Crippen LogP contribution < -0.4 is 10.1 Å². The second kappa shape index (κ2) is 8.89. The fraction of sp³-hybridized carbons (Fsp3) is 0.318. The van der Waals surface area contributed by atoms with Crippen LogP contribution in [0.2, 0.25) is 0 Å². The van der Waals surface area contributed by atoms with Crippen molar-refractivity contribution < 1.29 is 27.3 Å². The van der Waals surface area contributed by atoms with Crippen molar-refractivity contribution in [2.45, 2.75) is 38.3 Å². The average Bonchev–Trinajstić information content (AvgIpc) is 3.28. The first-order valence-electron chi connectivity index (χ1n) is 9.94. The van der Waals surface area contributed by atoms with Gasteiger partial charge < -0.3 is 9.57 Å². The highest BCUT2D eigenvalue weighted by Crippen LogP contribution is 2.31. The van der Waals surface area contributed by atoms with E-state index in [0.717, 1.165) is 25.0 Å². The highest BCUT2D eigenvalue weighted by atomic mass is 19.4. The molecule has 0 N–H and O–H groups in total. The summed E-state index contributed by atoms with van der Waals surface area (Å²) in [6, 6.07) is 10.1. The van der Waals surface area contributed by atoms with Gasteiger partial charge in [0.15, 0.2) is 0 Å². The molecule has 4 rings (SSSR count). The van der Waals surface area contributed by atoms with Gasteiger partial charge in [-0.1, -0.05) is 23.4 Å². The number of pyridine rings is 1. The lowest BCUT2D eigenvalue weighted by Crippen LogP contribution is -2.40. The number of ether oxygens (including phenoxy) is 1. The van der Waals surface area contributed by atoms with Gasteiger partial charge in [-0.05, 0) is 30.2 Å². The molecular weight excluding hydrogens is 411 g/mol. The predicted molar refractivity (Wildman–Crippen MR) is 107 cm³/mol. The van der Waals surface area contributed by atoms with Crippen LogP contribution in [-0.2, 0) is 22.3 Å². The summed E-state index contributed by atoms with van der Waals surface area (Å²) in [5.74, 6) is 0. The molecule has 0 saturated carbocycles. The van der Waals surface area contributed by atoms with E-state index >= 15 is 0 Å². The molecule has 2 aromatic heterocycles. The van der Waals surface area contributed by atoms with Gasteiger partial charge in [-0.25, -0.2) is 9.36 Å². The van der Waals surface area contributed by atoms with Crippen molar-refractivity contribution in [1.82, 2.24) is 4.40 Å². The Kier molecular flexibility index (Phi) is 6.03. The highest BCUT2D eigenvalue weighted by Gasteiger charge is 2.31. The largest absolute Gasteiger partial charge is 0.416 e. The second-order valence-corrected chi connectivity index (χ2v) is 7.17. The molecule has 1 fully saturated rings. The molecule has 1 aliphatic heterocycles. The van der Waals surface area contributed by atoms with Crippen LogP contribution in [0, 0.1) is 0 Å². The summed E-state index contributed by atoms with van der Waals surface area (Å²) in [4.78, 5) is 18.2. The van der Waals surface area contributed by atoms with Gasteiger partial charge in [0.2, 0.25) is 6.29 Å². The maximum Gasteiger partial charge on any atom is 0.416 e. The summed E-state index contributed by atoms with van der Waals surface area (Å²) < 4.78 is 48.0. The lowest BCUT2D eigenvalue weighted by Gasteiger charge is -2.09. The van der Waals surface area contributed by atoms with E-state index < -0.39 is 11.7 Å². The Morgan fingerprint density at radius 2 is 2.13 bits per heavy atom. The third-order valence-electron chi connectivity index (χ3n) is 5.01. The van der Waals surface area contributed by atoms with Crippen LogP contribution in [0.1, 0.15) is 24.8 Å². The Labute approximate surface area is 176 Å². The molecule has 3 aromatic rings. The van der Waals surface area contributed by atoms with E-state index in [1.165, 1.54) is 16.5 Å². The molecule has 1 saturated heterocycles. The van der Waals surface area contributed by atoms with Gasteiger partial charge >= 0.3 is 11.7 Å². The predicted octanol–water partition coefficient (Wildman–Crippen LogP) is 3.80. The minimum Gasteiger partial charge on any atom is -0.364 e. The number of halogens is 3. The molecule has 0 aliphatic carbocycles. The zero-order valence-corrected chi connectivity index (χ0v) is 16.6. The van der Waals surface area contributed by atoms with E-state index in [4.69, 9.17) is 9.57 Å². The molecule has 162 valence electrons. The van der Waals surface area contributed by atoms with Crippen LogP contribution >= 0.6 is 0 Å². The minimum absolute atomic E-state index is 0.183. The van der Waals surface area contributed by atoms with Gasteiger partial charge in [-0.15, -0.1) is 0 Å². The third kappa shape index (κ3) is 4.77. The van der Waals surface area contributed by atoms with E-state index in [2.05, 4.69) is 5.16 Å². The Hall–Kier alpha value is -3.20. The van der Waals surface area contributed by atoms with Gasteiger partial charge in [0.05, 0.1) is 24.9 Å².